The Morgan fingerprint density at radius 3 is 2.23 bits per heavy atom. The van der Waals surface area contributed by atoms with Gasteiger partial charge in [-0.1, -0.05) is 27.7 Å². The summed E-state index contributed by atoms with van der Waals surface area (Å²) in [5.74, 6) is 0.0335. The first-order valence-electron chi connectivity index (χ1n) is 12.7. The van der Waals surface area contributed by atoms with Crippen molar-refractivity contribution in [1.82, 2.24) is 10.4 Å². The van der Waals surface area contributed by atoms with Gasteiger partial charge in [0.15, 0.2) is 15.8 Å². The Bertz CT molecular complexity index is 773. The van der Waals surface area contributed by atoms with E-state index >= 15 is 0 Å². The lowest BCUT2D eigenvalue weighted by Gasteiger charge is -2.41. The molecule has 3 N–H and O–H groups in total. The number of likely N-dealkylation sites (N-methyl/N-ethyl adjacent to an activating group) is 1. The topological polar surface area (TPSA) is 114 Å². The van der Waals surface area contributed by atoms with E-state index in [-0.39, 0.29) is 48.4 Å². The molecule has 0 aromatic carbocycles. The smallest absolute Gasteiger partial charge is 0.192 e. The summed E-state index contributed by atoms with van der Waals surface area (Å²) in [5, 5.41) is 26.2. The maximum atomic E-state index is 10.6. The Balaban J connectivity index is 2.26. The molecule has 3 unspecified atom stereocenters. The standard InChI is InChI=1S/C24H48N3O6PSi/c1-16-17(2)30-19(21(16)28)15-27-34(8,29-13-11-12-25)32-23-20(14-26-7)31-18(3)22(23)33-35(9,10)24(4,5)6/h16-23,26-28H,8,11,13-15H2,1-7,9-10H3/t16-,17+,18+,19-,20-,21?,22-,23?,34?/m1/s1. The van der Waals surface area contributed by atoms with Crippen LogP contribution in [-0.2, 0) is 22.9 Å². The van der Waals surface area contributed by atoms with Gasteiger partial charge in [-0.3, -0.25) is 5.09 Å². The van der Waals surface area contributed by atoms with Crippen molar-refractivity contribution in [2.45, 2.75) is 109 Å². The highest BCUT2D eigenvalue weighted by Gasteiger charge is 2.50. The fraction of sp³-hybridized carbons (Fsp3) is 0.917. The van der Waals surface area contributed by atoms with E-state index in [2.05, 4.69) is 56.6 Å². The number of hydrogen-bond donors (Lipinski definition) is 3. The summed E-state index contributed by atoms with van der Waals surface area (Å²) >= 11 is 0. The molecule has 2 saturated heterocycles. The van der Waals surface area contributed by atoms with Crippen LogP contribution in [0.15, 0.2) is 0 Å². The molecule has 9 atom stereocenters. The Labute approximate surface area is 213 Å². The molecule has 2 aliphatic heterocycles. The second-order valence-corrected chi connectivity index (χ2v) is 18.2. The highest BCUT2D eigenvalue weighted by Crippen LogP contribution is 2.49. The van der Waals surface area contributed by atoms with Gasteiger partial charge in [-0.05, 0) is 45.3 Å². The Kier molecular flexibility index (Phi) is 11.0. The molecule has 0 saturated carbocycles. The number of aliphatic hydroxyl groups excluding tert-OH is 1. The molecule has 2 aliphatic rings. The van der Waals surface area contributed by atoms with Crippen molar-refractivity contribution in [3.8, 4) is 6.07 Å². The highest BCUT2D eigenvalue weighted by atomic mass is 31.2. The Morgan fingerprint density at radius 1 is 1.09 bits per heavy atom. The summed E-state index contributed by atoms with van der Waals surface area (Å²) in [4.78, 5) is 0. The molecular weight excluding hydrogens is 485 g/mol. The first-order valence-corrected chi connectivity index (χ1v) is 17.4. The lowest BCUT2D eigenvalue weighted by Crippen LogP contribution is -2.50. The Hall–Kier alpha value is -0.313. The van der Waals surface area contributed by atoms with Gasteiger partial charge in [0, 0.05) is 19.0 Å². The third-order valence-electron chi connectivity index (χ3n) is 7.57. The summed E-state index contributed by atoms with van der Waals surface area (Å²) in [6, 6.07) is 2.11. The van der Waals surface area contributed by atoms with Crippen LogP contribution in [0.1, 0.15) is 48.0 Å². The minimum Gasteiger partial charge on any atom is -0.409 e. The van der Waals surface area contributed by atoms with Gasteiger partial charge in [0.25, 0.3) is 0 Å². The minimum atomic E-state index is -2.91. The average molecular weight is 534 g/mol. The first kappa shape index (κ1) is 30.9. The number of hydrogen-bond acceptors (Lipinski definition) is 9. The number of nitrogens with zero attached hydrogens (tertiary/aromatic N) is 1. The van der Waals surface area contributed by atoms with Gasteiger partial charge in [-0.15, -0.1) is 0 Å². The van der Waals surface area contributed by atoms with Crippen LogP contribution in [-0.4, -0.2) is 89.2 Å². The second kappa shape index (κ2) is 12.5. The molecule has 2 fully saturated rings. The van der Waals surface area contributed by atoms with Crippen LogP contribution in [0.5, 0.6) is 0 Å². The maximum Gasteiger partial charge on any atom is 0.192 e. The van der Waals surface area contributed by atoms with Gasteiger partial charge in [0.05, 0.1) is 49.6 Å². The SMILES string of the molecule is C=P(NC[C@H]1O[C@@H](C)[C@@H](C)C1O)(OCCC#N)OC1[C@@H](CNC)O[C@@H](C)[C@H]1O[Si](C)(C)C(C)(C)C. The molecule has 0 aliphatic carbocycles. The molecule has 0 spiro atoms. The van der Waals surface area contributed by atoms with E-state index in [0.717, 1.165) is 0 Å². The molecule has 11 heteroatoms. The zero-order valence-corrected chi connectivity index (χ0v) is 24.9. The molecule has 0 amide bonds. The normalized spacial score (nSPS) is 35.7. The van der Waals surface area contributed by atoms with Crippen molar-refractivity contribution >= 4 is 22.1 Å². The molecule has 9 nitrogen and oxygen atoms in total. The summed E-state index contributed by atoms with van der Waals surface area (Å²) in [7, 11) is -3.16. The minimum absolute atomic E-state index is 0.0277. The van der Waals surface area contributed by atoms with E-state index < -0.39 is 34.1 Å². The van der Waals surface area contributed by atoms with Crippen molar-refractivity contribution in [1.29, 1.82) is 5.26 Å². The number of nitrogens with one attached hydrogen (secondary N) is 2. The zero-order chi connectivity index (χ0) is 26.6. The summed E-state index contributed by atoms with van der Waals surface area (Å²) in [6.45, 7) is 18.1. The van der Waals surface area contributed by atoms with Crippen LogP contribution < -0.4 is 10.4 Å². The lowest BCUT2D eigenvalue weighted by atomic mass is 10.00. The summed E-state index contributed by atoms with van der Waals surface area (Å²) in [5.41, 5.74) is 0. The van der Waals surface area contributed by atoms with E-state index in [1.165, 1.54) is 0 Å². The molecule has 35 heavy (non-hydrogen) atoms. The molecule has 0 aromatic heterocycles. The van der Waals surface area contributed by atoms with Crippen molar-refractivity contribution in [2.24, 2.45) is 5.92 Å². The molecule has 0 bridgehead atoms. The van der Waals surface area contributed by atoms with Crippen molar-refractivity contribution in [3.05, 3.63) is 0 Å². The summed E-state index contributed by atoms with van der Waals surface area (Å²) in [6.07, 6.45) is 2.40. The zero-order valence-electron chi connectivity index (χ0n) is 23.0. The van der Waals surface area contributed by atoms with Crippen molar-refractivity contribution in [2.75, 3.05) is 26.7 Å². The van der Waals surface area contributed by atoms with Gasteiger partial charge in [0.1, 0.15) is 12.2 Å². The van der Waals surface area contributed by atoms with Gasteiger partial charge in [-0.25, -0.2) is 0 Å². The van der Waals surface area contributed by atoms with Gasteiger partial charge >= 0.3 is 0 Å². The van der Waals surface area contributed by atoms with Crippen LogP contribution in [0.4, 0.5) is 0 Å². The van der Waals surface area contributed by atoms with Crippen molar-refractivity contribution < 1.29 is 28.1 Å². The van der Waals surface area contributed by atoms with Crippen LogP contribution in [0, 0.1) is 17.2 Å². The van der Waals surface area contributed by atoms with Crippen LogP contribution in [0.3, 0.4) is 0 Å². The summed E-state index contributed by atoms with van der Waals surface area (Å²) < 4.78 is 31.8. The fourth-order valence-corrected chi connectivity index (χ4v) is 7.21. The van der Waals surface area contributed by atoms with Crippen LogP contribution in [0.2, 0.25) is 18.1 Å². The van der Waals surface area contributed by atoms with E-state index in [4.69, 9.17) is 28.2 Å². The van der Waals surface area contributed by atoms with E-state index in [9.17, 15) is 5.11 Å². The Morgan fingerprint density at radius 2 is 1.71 bits per heavy atom. The average Bonchev–Trinajstić information content (AvgIpc) is 3.16. The number of nitriles is 1. The molecule has 2 rings (SSSR count). The van der Waals surface area contributed by atoms with Crippen molar-refractivity contribution in [3.63, 3.8) is 0 Å². The predicted molar refractivity (Wildman–Crippen MR) is 143 cm³/mol. The third kappa shape index (κ3) is 7.84. The monoisotopic (exact) mass is 533 g/mol. The first-order chi connectivity index (χ1) is 16.2. The van der Waals surface area contributed by atoms with Gasteiger partial charge in [-0.2, -0.15) is 5.26 Å². The largest absolute Gasteiger partial charge is 0.409 e. The number of ether oxygens (including phenoxy) is 2. The number of rotatable bonds is 12. The van der Waals surface area contributed by atoms with E-state index in [1.54, 1.807) is 0 Å². The molecule has 2 heterocycles. The lowest BCUT2D eigenvalue weighted by molar-refractivity contribution is 0.0150. The molecular formula is C24H48N3O6PSi. The number of aliphatic hydroxyl groups is 1. The van der Waals surface area contributed by atoms with E-state index in [1.807, 2.05) is 27.8 Å². The highest BCUT2D eigenvalue weighted by molar-refractivity contribution is 7.62. The van der Waals surface area contributed by atoms with Gasteiger partial charge < -0.3 is 33.4 Å². The third-order valence-corrected chi connectivity index (χ3v) is 13.9. The molecule has 0 radical (unpaired) electrons. The second-order valence-electron chi connectivity index (χ2n) is 11.4. The van der Waals surface area contributed by atoms with Gasteiger partial charge in [0.2, 0.25) is 0 Å². The van der Waals surface area contributed by atoms with Crippen LogP contribution >= 0.6 is 7.49 Å². The predicted octanol–water partition coefficient (Wildman–Crippen LogP) is 3.27. The molecule has 0 aromatic rings. The molecule has 204 valence electrons. The quantitative estimate of drug-likeness (QED) is 0.198. The van der Waals surface area contributed by atoms with Crippen LogP contribution in [0.25, 0.3) is 0 Å². The van der Waals surface area contributed by atoms with E-state index in [0.29, 0.717) is 13.1 Å². The maximum absolute atomic E-state index is 10.6. The fourth-order valence-electron chi connectivity index (χ4n) is 4.13.